The van der Waals surface area contributed by atoms with Gasteiger partial charge >= 0.3 is 0 Å². The molecule has 0 spiro atoms. The van der Waals surface area contributed by atoms with Gasteiger partial charge in [-0.05, 0) is 48.7 Å². The molecular weight excluding hydrogens is 305 g/mol. The van der Waals surface area contributed by atoms with Crippen molar-refractivity contribution in [3.63, 3.8) is 0 Å². The third-order valence-corrected chi connectivity index (χ3v) is 4.18. The van der Waals surface area contributed by atoms with E-state index in [4.69, 9.17) is 4.74 Å². The minimum Gasteiger partial charge on any atom is -0.504 e. The molecule has 1 aliphatic heterocycles. The average Bonchev–Trinajstić information content (AvgIpc) is 3.02. The van der Waals surface area contributed by atoms with E-state index in [1.165, 1.54) is 6.07 Å². The first-order valence-electron chi connectivity index (χ1n) is 8.52. The predicted molar refractivity (Wildman–Crippen MR) is 94.8 cm³/mol. The van der Waals surface area contributed by atoms with Crippen molar-refractivity contribution in [2.75, 3.05) is 13.7 Å². The second-order valence-corrected chi connectivity index (χ2v) is 5.70. The predicted octanol–water partition coefficient (Wildman–Crippen LogP) is 4.51. The number of rotatable bonds is 5. The largest absolute Gasteiger partial charge is 0.504 e. The smallest absolute Gasteiger partial charge is 0.160 e. The first-order valence-corrected chi connectivity index (χ1v) is 8.52. The lowest BCUT2D eigenvalue weighted by molar-refractivity contribution is 0.278. The fraction of sp³-hybridized carbons (Fsp3) is 0.400. The Morgan fingerprint density at radius 2 is 1.96 bits per heavy atom. The molecule has 1 aliphatic rings. The number of aryl methyl sites for hydroxylation is 1. The number of ether oxygens (including phenoxy) is 1. The molecule has 24 heavy (non-hydrogen) atoms. The summed E-state index contributed by atoms with van der Waals surface area (Å²) in [6, 6.07) is 10.8. The van der Waals surface area contributed by atoms with Crippen molar-refractivity contribution in [3.05, 3.63) is 58.9 Å². The van der Waals surface area contributed by atoms with Gasteiger partial charge in [0.2, 0.25) is 0 Å². The Balaban J connectivity index is 0.00000100. The van der Waals surface area contributed by atoms with Crippen LogP contribution in [0.1, 0.15) is 37.0 Å². The lowest BCUT2D eigenvalue weighted by Crippen LogP contribution is -2.18. The van der Waals surface area contributed by atoms with Crippen LogP contribution >= 0.6 is 0 Å². The molecule has 0 radical (unpaired) electrons. The molecule has 3 nitrogen and oxygen atoms in total. The Hall–Kier alpha value is -2.07. The minimum atomic E-state index is -0.0942. The fourth-order valence-corrected chi connectivity index (χ4v) is 2.99. The SMILES string of the molecule is CC.COc1cc(CCCN2Cc3cccc(F)c3C2)ccc1O. The molecule has 2 aromatic carbocycles. The molecule has 0 aliphatic carbocycles. The van der Waals surface area contributed by atoms with Crippen molar-refractivity contribution in [3.8, 4) is 11.5 Å². The van der Waals surface area contributed by atoms with Crippen molar-refractivity contribution < 1.29 is 14.2 Å². The Labute approximate surface area is 143 Å². The molecule has 130 valence electrons. The van der Waals surface area contributed by atoms with Gasteiger partial charge in [0, 0.05) is 18.7 Å². The van der Waals surface area contributed by atoms with Crippen LogP contribution in [-0.2, 0) is 19.5 Å². The summed E-state index contributed by atoms with van der Waals surface area (Å²) in [5.74, 6) is 0.577. The zero-order chi connectivity index (χ0) is 17.5. The number of aromatic hydroxyl groups is 1. The molecule has 0 bridgehead atoms. The summed E-state index contributed by atoms with van der Waals surface area (Å²) in [7, 11) is 1.55. The maximum atomic E-state index is 13.7. The molecule has 0 aromatic heterocycles. The van der Waals surface area contributed by atoms with Gasteiger partial charge in [0.05, 0.1) is 7.11 Å². The number of methoxy groups -OCH3 is 1. The van der Waals surface area contributed by atoms with Gasteiger partial charge in [-0.2, -0.15) is 0 Å². The van der Waals surface area contributed by atoms with Crippen molar-refractivity contribution >= 4 is 0 Å². The Morgan fingerprint density at radius 1 is 1.17 bits per heavy atom. The van der Waals surface area contributed by atoms with E-state index in [2.05, 4.69) is 4.90 Å². The normalized spacial score (nSPS) is 13.2. The van der Waals surface area contributed by atoms with Crippen LogP contribution in [0.2, 0.25) is 0 Å². The van der Waals surface area contributed by atoms with E-state index in [1.54, 1.807) is 19.2 Å². The van der Waals surface area contributed by atoms with Gasteiger partial charge in [0.25, 0.3) is 0 Å². The molecule has 3 rings (SSSR count). The van der Waals surface area contributed by atoms with Gasteiger partial charge in [0.1, 0.15) is 5.82 Å². The second-order valence-electron chi connectivity index (χ2n) is 5.70. The lowest BCUT2D eigenvalue weighted by Gasteiger charge is -2.14. The van der Waals surface area contributed by atoms with E-state index in [9.17, 15) is 9.50 Å². The van der Waals surface area contributed by atoms with Gasteiger partial charge in [-0.25, -0.2) is 4.39 Å². The van der Waals surface area contributed by atoms with E-state index < -0.39 is 0 Å². The van der Waals surface area contributed by atoms with Crippen LogP contribution in [-0.4, -0.2) is 23.7 Å². The molecule has 0 fully saturated rings. The highest BCUT2D eigenvalue weighted by Gasteiger charge is 2.21. The number of hydrogen-bond donors (Lipinski definition) is 1. The number of halogens is 1. The summed E-state index contributed by atoms with van der Waals surface area (Å²) in [5, 5.41) is 9.59. The quantitative estimate of drug-likeness (QED) is 0.875. The second kappa shape index (κ2) is 8.69. The number of benzene rings is 2. The summed E-state index contributed by atoms with van der Waals surface area (Å²) < 4.78 is 18.8. The summed E-state index contributed by atoms with van der Waals surface area (Å²) in [4.78, 5) is 2.27. The van der Waals surface area contributed by atoms with Crippen LogP contribution in [0.4, 0.5) is 4.39 Å². The highest BCUT2D eigenvalue weighted by atomic mass is 19.1. The van der Waals surface area contributed by atoms with E-state index in [-0.39, 0.29) is 11.6 Å². The number of phenols is 1. The number of phenolic OH excluding ortho intramolecular Hbond substituents is 1. The number of fused-ring (bicyclic) bond motifs is 1. The zero-order valence-electron chi connectivity index (χ0n) is 14.7. The summed E-state index contributed by atoms with van der Waals surface area (Å²) in [6.07, 6.45) is 1.90. The van der Waals surface area contributed by atoms with Crippen LogP contribution in [0.3, 0.4) is 0 Å². The van der Waals surface area contributed by atoms with E-state index in [0.29, 0.717) is 12.3 Å². The summed E-state index contributed by atoms with van der Waals surface area (Å²) >= 11 is 0. The van der Waals surface area contributed by atoms with Gasteiger partial charge < -0.3 is 9.84 Å². The molecule has 2 aromatic rings. The number of nitrogens with zero attached hydrogens (tertiary/aromatic N) is 1. The Kier molecular flexibility index (Phi) is 6.62. The van der Waals surface area contributed by atoms with E-state index in [1.807, 2.05) is 32.0 Å². The standard InChI is InChI=1S/C18H20FNO2.C2H6/c1-22-18-10-13(7-8-17(18)21)4-3-9-20-11-14-5-2-6-16(19)15(14)12-20;1-2/h2,5-8,10,21H,3-4,9,11-12H2,1H3;1-2H3. The van der Waals surface area contributed by atoms with Gasteiger partial charge in [-0.15, -0.1) is 0 Å². The molecule has 0 unspecified atom stereocenters. The molecule has 0 atom stereocenters. The topological polar surface area (TPSA) is 32.7 Å². The third-order valence-electron chi connectivity index (χ3n) is 4.18. The van der Waals surface area contributed by atoms with Crippen molar-refractivity contribution in [1.29, 1.82) is 0 Å². The first kappa shape index (κ1) is 18.3. The van der Waals surface area contributed by atoms with Crippen LogP contribution in [0.25, 0.3) is 0 Å². The maximum Gasteiger partial charge on any atom is 0.160 e. The monoisotopic (exact) mass is 331 g/mol. The zero-order valence-corrected chi connectivity index (χ0v) is 14.7. The molecule has 0 saturated heterocycles. The maximum absolute atomic E-state index is 13.7. The average molecular weight is 331 g/mol. The third kappa shape index (κ3) is 4.26. The van der Waals surface area contributed by atoms with Crippen molar-refractivity contribution in [1.82, 2.24) is 4.90 Å². The lowest BCUT2D eigenvalue weighted by atomic mass is 10.1. The van der Waals surface area contributed by atoms with E-state index in [0.717, 1.165) is 42.6 Å². The Bertz CT molecular complexity index is 673. The van der Waals surface area contributed by atoms with Gasteiger partial charge in [-0.1, -0.05) is 32.0 Å². The van der Waals surface area contributed by atoms with Crippen LogP contribution in [0.15, 0.2) is 36.4 Å². The van der Waals surface area contributed by atoms with E-state index >= 15 is 0 Å². The molecule has 1 heterocycles. The van der Waals surface area contributed by atoms with Crippen molar-refractivity contribution in [2.24, 2.45) is 0 Å². The highest BCUT2D eigenvalue weighted by molar-refractivity contribution is 5.41. The summed E-state index contributed by atoms with van der Waals surface area (Å²) in [6.45, 7) is 6.45. The van der Waals surface area contributed by atoms with Crippen LogP contribution in [0, 0.1) is 5.82 Å². The molecule has 1 N–H and O–H groups in total. The molecule has 0 saturated carbocycles. The molecular formula is C20H26FNO2. The molecule has 0 amide bonds. The minimum absolute atomic E-state index is 0.0942. The number of hydrogen-bond acceptors (Lipinski definition) is 3. The molecule has 4 heteroatoms. The van der Waals surface area contributed by atoms with Gasteiger partial charge in [-0.3, -0.25) is 4.90 Å². The Morgan fingerprint density at radius 3 is 2.67 bits per heavy atom. The van der Waals surface area contributed by atoms with Crippen molar-refractivity contribution in [2.45, 2.75) is 39.8 Å². The highest BCUT2D eigenvalue weighted by Crippen LogP contribution is 2.28. The van der Waals surface area contributed by atoms with Gasteiger partial charge in [0.15, 0.2) is 11.5 Å². The van der Waals surface area contributed by atoms with Crippen LogP contribution < -0.4 is 4.74 Å². The fourth-order valence-electron chi connectivity index (χ4n) is 2.99. The summed E-state index contributed by atoms with van der Waals surface area (Å²) in [5.41, 5.74) is 3.08. The first-order chi connectivity index (χ1) is 11.7. The van der Waals surface area contributed by atoms with Crippen LogP contribution in [0.5, 0.6) is 11.5 Å².